The van der Waals surface area contributed by atoms with Crippen LogP contribution in [0, 0.1) is 0 Å². The lowest BCUT2D eigenvalue weighted by molar-refractivity contribution is -0.301. The summed E-state index contributed by atoms with van der Waals surface area (Å²) in [6.07, 6.45) is 42.4. The molecular weight excluding hydrogens is 877 g/mol. The van der Waals surface area contributed by atoms with E-state index in [0.717, 1.165) is 64.2 Å². The number of aliphatic hydroxyl groups excluding tert-OH is 2. The number of rotatable bonds is 45. The van der Waals surface area contributed by atoms with Crippen LogP contribution in [0.25, 0.3) is 0 Å². The summed E-state index contributed by atoms with van der Waals surface area (Å²) in [5.74, 6) is -3.27. The van der Waals surface area contributed by atoms with E-state index in [1.54, 1.807) is 12.2 Å². The summed E-state index contributed by atoms with van der Waals surface area (Å²) in [5.41, 5.74) is 0. The molecule has 396 valence electrons. The highest BCUT2D eigenvalue weighted by Crippen LogP contribution is 2.26. The van der Waals surface area contributed by atoms with Crippen molar-refractivity contribution in [1.82, 2.24) is 0 Å². The van der Waals surface area contributed by atoms with Gasteiger partial charge in [-0.15, -0.1) is 0 Å². The lowest BCUT2D eigenvalue weighted by Crippen LogP contribution is -2.61. The molecule has 0 radical (unpaired) electrons. The van der Waals surface area contributed by atoms with Crippen LogP contribution in [0.15, 0.2) is 60.8 Å². The summed E-state index contributed by atoms with van der Waals surface area (Å²) >= 11 is 0. The predicted molar refractivity (Wildman–Crippen MR) is 275 cm³/mol. The summed E-state index contributed by atoms with van der Waals surface area (Å²) in [4.78, 5) is 50.8. The Morgan fingerprint density at radius 1 is 0.493 bits per heavy atom. The Labute approximate surface area is 417 Å². The zero-order valence-electron chi connectivity index (χ0n) is 43.3. The van der Waals surface area contributed by atoms with E-state index in [-0.39, 0.29) is 25.9 Å². The third kappa shape index (κ3) is 36.1. The lowest BCUT2D eigenvalue weighted by atomic mass is 9.98. The number of carbonyl (C=O) groups excluding carboxylic acids is 3. The Morgan fingerprint density at radius 2 is 0.899 bits per heavy atom. The first-order valence-electron chi connectivity index (χ1n) is 27.3. The number of allylic oxidation sites excluding steroid dienone is 9. The standard InChI is InChI=1S/C57H96O12/c1-4-7-10-13-16-19-21-23-25-27-29-32-34-37-40-43-49(58)65-46-48(67-50(59)44-41-38-35-31-18-15-12-9-6-3)47-66-57-55(53(62)52(61)54(69-57)56(63)64)68-51(60)45-42-39-36-33-30-28-26-24-22-20-17-14-11-8-5-2/h8,11,17,20,24,26,30,33,39,42,48,52-55,57,61-62H,4-7,9-10,12-16,18-19,21-23,25,27-29,31-32,34-38,40-41,43-47H2,1-3H3,(H,63,64)/b11-8-,20-17-,26-24-,33-30-,42-39-. The molecule has 0 aromatic rings. The van der Waals surface area contributed by atoms with E-state index < -0.39 is 67.3 Å². The second-order valence-electron chi connectivity index (χ2n) is 18.5. The highest BCUT2D eigenvalue weighted by Gasteiger charge is 2.50. The van der Waals surface area contributed by atoms with Crippen molar-refractivity contribution in [2.24, 2.45) is 0 Å². The Morgan fingerprint density at radius 3 is 1.33 bits per heavy atom. The van der Waals surface area contributed by atoms with E-state index in [1.807, 2.05) is 12.2 Å². The number of esters is 3. The molecule has 0 aromatic heterocycles. The summed E-state index contributed by atoms with van der Waals surface area (Å²) in [5, 5.41) is 31.3. The lowest BCUT2D eigenvalue weighted by Gasteiger charge is -2.40. The van der Waals surface area contributed by atoms with Gasteiger partial charge >= 0.3 is 23.9 Å². The normalized spacial score (nSPS) is 19.1. The topological polar surface area (TPSA) is 175 Å². The van der Waals surface area contributed by atoms with Crippen molar-refractivity contribution < 1.29 is 58.2 Å². The van der Waals surface area contributed by atoms with Gasteiger partial charge < -0.3 is 39.0 Å². The van der Waals surface area contributed by atoms with Crippen LogP contribution >= 0.6 is 0 Å². The van der Waals surface area contributed by atoms with Crippen LogP contribution < -0.4 is 0 Å². The molecule has 1 fully saturated rings. The number of ether oxygens (including phenoxy) is 5. The molecular formula is C57H96O12. The maximum absolute atomic E-state index is 13.0. The second-order valence-corrected chi connectivity index (χ2v) is 18.5. The third-order valence-electron chi connectivity index (χ3n) is 12.1. The smallest absolute Gasteiger partial charge is 0.335 e. The van der Waals surface area contributed by atoms with E-state index in [9.17, 15) is 34.5 Å². The number of hydrogen-bond donors (Lipinski definition) is 3. The fourth-order valence-electron chi connectivity index (χ4n) is 7.97. The zero-order valence-corrected chi connectivity index (χ0v) is 43.3. The van der Waals surface area contributed by atoms with Gasteiger partial charge in [0.25, 0.3) is 0 Å². The summed E-state index contributed by atoms with van der Waals surface area (Å²) < 4.78 is 28.2. The molecule has 1 rings (SSSR count). The van der Waals surface area contributed by atoms with Crippen molar-refractivity contribution in [1.29, 1.82) is 0 Å². The number of hydrogen-bond acceptors (Lipinski definition) is 11. The van der Waals surface area contributed by atoms with E-state index in [4.69, 9.17) is 23.7 Å². The number of aliphatic hydroxyl groups is 2. The maximum Gasteiger partial charge on any atom is 0.335 e. The molecule has 0 aliphatic carbocycles. The molecule has 6 atom stereocenters. The Hall–Kier alpha value is -3.58. The minimum absolute atomic E-state index is 0.154. The van der Waals surface area contributed by atoms with Gasteiger partial charge in [0.15, 0.2) is 24.6 Å². The first kappa shape index (κ1) is 63.4. The highest BCUT2D eigenvalue weighted by atomic mass is 16.7. The molecule has 3 N–H and O–H groups in total. The highest BCUT2D eigenvalue weighted by molar-refractivity contribution is 5.74. The van der Waals surface area contributed by atoms with E-state index in [0.29, 0.717) is 19.3 Å². The van der Waals surface area contributed by atoms with Crippen LogP contribution in [0.3, 0.4) is 0 Å². The predicted octanol–water partition coefficient (Wildman–Crippen LogP) is 13.2. The van der Waals surface area contributed by atoms with Crippen molar-refractivity contribution in [2.75, 3.05) is 13.2 Å². The van der Waals surface area contributed by atoms with Crippen molar-refractivity contribution in [3.05, 3.63) is 60.8 Å². The number of unbranched alkanes of at least 4 members (excludes halogenated alkanes) is 22. The van der Waals surface area contributed by atoms with Crippen LogP contribution in [0.1, 0.15) is 226 Å². The Kier molecular flexibility index (Phi) is 41.9. The van der Waals surface area contributed by atoms with Gasteiger partial charge in [0.2, 0.25) is 0 Å². The minimum atomic E-state index is -1.93. The molecule has 69 heavy (non-hydrogen) atoms. The van der Waals surface area contributed by atoms with Gasteiger partial charge in [-0.3, -0.25) is 14.4 Å². The van der Waals surface area contributed by atoms with Crippen molar-refractivity contribution in [3.63, 3.8) is 0 Å². The van der Waals surface area contributed by atoms with Gasteiger partial charge in [0.1, 0.15) is 18.8 Å². The first-order chi connectivity index (χ1) is 33.6. The molecule has 0 aromatic carbocycles. The minimum Gasteiger partial charge on any atom is -0.479 e. The molecule has 0 saturated carbocycles. The summed E-state index contributed by atoms with van der Waals surface area (Å²) in [7, 11) is 0. The van der Waals surface area contributed by atoms with Crippen molar-refractivity contribution in [3.8, 4) is 0 Å². The molecule has 6 unspecified atom stereocenters. The van der Waals surface area contributed by atoms with Crippen LogP contribution in [0.5, 0.6) is 0 Å². The molecule has 12 heteroatoms. The number of aliphatic carboxylic acids is 1. The number of carboxylic acid groups (broad SMARTS) is 1. The third-order valence-corrected chi connectivity index (χ3v) is 12.1. The quantitative estimate of drug-likeness (QED) is 0.0228. The monoisotopic (exact) mass is 973 g/mol. The SMILES string of the molecule is CC/C=C\C/C=C\C/C=C\C/C=C\C/C=C\CC(=O)OC1C(OCC(COC(=O)CCCCCCCCCCCCCCCCC)OC(=O)CCCCCCCCCCC)OC(C(=O)O)C(O)C1O. The Bertz CT molecular complexity index is 1440. The molecule has 1 aliphatic heterocycles. The number of carbonyl (C=O) groups is 4. The van der Waals surface area contributed by atoms with Gasteiger partial charge in [0.05, 0.1) is 13.0 Å². The van der Waals surface area contributed by atoms with Gasteiger partial charge in [0, 0.05) is 12.8 Å². The molecule has 0 bridgehead atoms. The molecule has 0 amide bonds. The molecule has 1 aliphatic rings. The fraction of sp³-hybridized carbons (Fsp3) is 0.754. The molecule has 0 spiro atoms. The van der Waals surface area contributed by atoms with Crippen LogP contribution in [0.2, 0.25) is 0 Å². The first-order valence-corrected chi connectivity index (χ1v) is 27.3. The van der Waals surface area contributed by atoms with Crippen molar-refractivity contribution in [2.45, 2.75) is 263 Å². The fourth-order valence-corrected chi connectivity index (χ4v) is 7.97. The molecule has 1 heterocycles. The summed E-state index contributed by atoms with van der Waals surface area (Å²) in [6.45, 7) is 5.80. The van der Waals surface area contributed by atoms with Crippen molar-refractivity contribution >= 4 is 23.9 Å². The molecule has 12 nitrogen and oxygen atoms in total. The van der Waals surface area contributed by atoms with Crippen LogP contribution in [-0.4, -0.2) is 89.2 Å². The summed E-state index contributed by atoms with van der Waals surface area (Å²) in [6, 6.07) is 0. The Balaban J connectivity index is 2.73. The van der Waals surface area contributed by atoms with E-state index in [1.165, 1.54) is 103 Å². The van der Waals surface area contributed by atoms with Crippen LogP contribution in [-0.2, 0) is 42.9 Å². The molecule has 1 saturated heterocycles. The largest absolute Gasteiger partial charge is 0.479 e. The average molecular weight is 973 g/mol. The van der Waals surface area contributed by atoms with Crippen LogP contribution in [0.4, 0.5) is 0 Å². The van der Waals surface area contributed by atoms with E-state index >= 15 is 0 Å². The number of carboxylic acids is 1. The van der Waals surface area contributed by atoms with Gasteiger partial charge in [-0.2, -0.15) is 0 Å². The van der Waals surface area contributed by atoms with Gasteiger partial charge in [-0.1, -0.05) is 223 Å². The van der Waals surface area contributed by atoms with Gasteiger partial charge in [-0.05, 0) is 44.9 Å². The van der Waals surface area contributed by atoms with E-state index in [2.05, 4.69) is 57.2 Å². The zero-order chi connectivity index (χ0) is 50.4. The second kappa shape index (κ2) is 45.6. The van der Waals surface area contributed by atoms with Gasteiger partial charge in [-0.25, -0.2) is 4.79 Å². The average Bonchev–Trinajstić information content (AvgIpc) is 3.33. The maximum atomic E-state index is 13.0.